The van der Waals surface area contributed by atoms with Crippen LogP contribution in [-0.4, -0.2) is 25.0 Å². The third-order valence-electron chi connectivity index (χ3n) is 4.70. The van der Waals surface area contributed by atoms with Crippen molar-refractivity contribution in [3.63, 3.8) is 0 Å². The van der Waals surface area contributed by atoms with E-state index in [-0.39, 0.29) is 0 Å². The van der Waals surface area contributed by atoms with Gasteiger partial charge in [0.15, 0.2) is 17.0 Å². The second-order valence-electron chi connectivity index (χ2n) is 7.12. The van der Waals surface area contributed by atoms with Crippen LogP contribution >= 0.6 is 15.9 Å². The lowest BCUT2D eigenvalue weighted by atomic mass is 10.1. The fourth-order valence-corrected chi connectivity index (χ4v) is 4.29. The van der Waals surface area contributed by atoms with Gasteiger partial charge < -0.3 is 5.32 Å². The van der Waals surface area contributed by atoms with Crippen molar-refractivity contribution in [1.82, 2.24) is 25.0 Å². The maximum atomic E-state index is 4.66. The summed E-state index contributed by atoms with van der Waals surface area (Å²) in [5.41, 5.74) is 4.87. The Labute approximate surface area is 168 Å². The lowest BCUT2D eigenvalue weighted by Crippen LogP contribution is -2.12. The standard InChI is InChI=1S/C20H27BrN6/c1-6-8-15(9-7-2)27-20-18(25-26-27)19(22-14(5)23-20)24-17-13(4)10-12(3)11-16(17)21/h10-11,15H,6-9H2,1-5H3,(H,22,23,24). The van der Waals surface area contributed by atoms with Gasteiger partial charge in [0.1, 0.15) is 5.82 Å². The highest BCUT2D eigenvalue weighted by Gasteiger charge is 2.20. The molecule has 2 heterocycles. The Kier molecular flexibility index (Phi) is 6.09. The molecule has 3 aromatic rings. The molecule has 6 nitrogen and oxygen atoms in total. The number of rotatable bonds is 7. The van der Waals surface area contributed by atoms with Crippen LogP contribution < -0.4 is 5.32 Å². The second-order valence-corrected chi connectivity index (χ2v) is 7.97. The normalized spacial score (nSPS) is 11.5. The number of nitrogens with one attached hydrogen (secondary N) is 1. The van der Waals surface area contributed by atoms with Crippen molar-refractivity contribution < 1.29 is 0 Å². The predicted molar refractivity (Wildman–Crippen MR) is 114 cm³/mol. The van der Waals surface area contributed by atoms with Gasteiger partial charge in [-0.25, -0.2) is 14.6 Å². The van der Waals surface area contributed by atoms with Crippen LogP contribution in [0, 0.1) is 20.8 Å². The Hall–Kier alpha value is -2.02. The quantitative estimate of drug-likeness (QED) is 0.513. The van der Waals surface area contributed by atoms with Crippen molar-refractivity contribution in [2.45, 2.75) is 66.3 Å². The van der Waals surface area contributed by atoms with Gasteiger partial charge in [-0.15, -0.1) is 5.10 Å². The van der Waals surface area contributed by atoms with Crippen molar-refractivity contribution in [1.29, 1.82) is 0 Å². The van der Waals surface area contributed by atoms with Gasteiger partial charge in [-0.3, -0.25) is 0 Å². The Bertz CT molecular complexity index is 920. The molecule has 27 heavy (non-hydrogen) atoms. The summed E-state index contributed by atoms with van der Waals surface area (Å²) in [5.74, 6) is 1.41. The van der Waals surface area contributed by atoms with Crippen LogP contribution in [0.15, 0.2) is 16.6 Å². The zero-order chi connectivity index (χ0) is 19.6. The summed E-state index contributed by atoms with van der Waals surface area (Å²) >= 11 is 3.66. The minimum Gasteiger partial charge on any atom is -0.337 e. The summed E-state index contributed by atoms with van der Waals surface area (Å²) in [6, 6.07) is 4.56. The van der Waals surface area contributed by atoms with E-state index in [1.807, 2.05) is 11.6 Å². The molecule has 0 fully saturated rings. The summed E-state index contributed by atoms with van der Waals surface area (Å²) in [6.07, 6.45) is 4.36. The number of hydrogen-bond acceptors (Lipinski definition) is 5. The van der Waals surface area contributed by atoms with Crippen LogP contribution in [-0.2, 0) is 0 Å². The number of nitrogens with zero attached hydrogens (tertiary/aromatic N) is 5. The molecule has 0 aliphatic heterocycles. The molecule has 0 radical (unpaired) electrons. The van der Waals surface area contributed by atoms with Crippen LogP contribution in [0.5, 0.6) is 0 Å². The van der Waals surface area contributed by atoms with Crippen molar-refractivity contribution in [3.8, 4) is 0 Å². The Morgan fingerprint density at radius 1 is 1.07 bits per heavy atom. The van der Waals surface area contributed by atoms with Crippen LogP contribution in [0.1, 0.15) is 62.5 Å². The summed E-state index contributed by atoms with van der Waals surface area (Å²) in [7, 11) is 0. The molecule has 7 heteroatoms. The summed E-state index contributed by atoms with van der Waals surface area (Å²) in [5, 5.41) is 12.3. The SMILES string of the molecule is CCCC(CCC)n1nnc2c(Nc3c(C)cc(C)cc3Br)nc(C)nc21. The lowest BCUT2D eigenvalue weighted by molar-refractivity contribution is 0.391. The van der Waals surface area contributed by atoms with E-state index in [4.69, 9.17) is 0 Å². The Morgan fingerprint density at radius 2 is 1.78 bits per heavy atom. The molecule has 0 spiro atoms. The Morgan fingerprint density at radius 3 is 2.41 bits per heavy atom. The van der Waals surface area contributed by atoms with Crippen LogP contribution in [0.25, 0.3) is 11.2 Å². The summed E-state index contributed by atoms with van der Waals surface area (Å²) in [6.45, 7) is 10.5. The average molecular weight is 431 g/mol. The largest absolute Gasteiger partial charge is 0.337 e. The average Bonchev–Trinajstić information content (AvgIpc) is 3.01. The molecule has 0 saturated heterocycles. The topological polar surface area (TPSA) is 68.5 Å². The zero-order valence-corrected chi connectivity index (χ0v) is 18.3. The molecule has 144 valence electrons. The first-order valence-corrected chi connectivity index (χ1v) is 10.4. The Balaban J connectivity index is 2.08. The molecule has 1 N–H and O–H groups in total. The third-order valence-corrected chi connectivity index (χ3v) is 5.33. The minimum atomic E-state index is 0.319. The molecule has 0 atom stereocenters. The number of aryl methyl sites for hydroxylation is 3. The van der Waals surface area contributed by atoms with E-state index in [1.165, 1.54) is 5.56 Å². The van der Waals surface area contributed by atoms with Crippen LogP contribution in [0.3, 0.4) is 0 Å². The number of hydrogen-bond donors (Lipinski definition) is 1. The van der Waals surface area contributed by atoms with Crippen molar-refractivity contribution in [2.24, 2.45) is 0 Å². The van der Waals surface area contributed by atoms with Crippen LogP contribution in [0.4, 0.5) is 11.5 Å². The minimum absolute atomic E-state index is 0.319. The van der Waals surface area contributed by atoms with Crippen molar-refractivity contribution in [3.05, 3.63) is 33.6 Å². The fourth-order valence-electron chi connectivity index (χ4n) is 3.52. The number of halogens is 1. The molecule has 1 aromatic carbocycles. The maximum Gasteiger partial charge on any atom is 0.184 e. The van der Waals surface area contributed by atoms with Gasteiger partial charge >= 0.3 is 0 Å². The molecule has 2 aromatic heterocycles. The lowest BCUT2D eigenvalue weighted by Gasteiger charge is -2.16. The number of fused-ring (bicyclic) bond motifs is 1. The van der Waals surface area contributed by atoms with E-state index in [0.29, 0.717) is 23.2 Å². The number of aromatic nitrogens is 5. The molecule has 0 aliphatic carbocycles. The molecule has 0 unspecified atom stereocenters. The van der Waals surface area contributed by atoms with E-state index >= 15 is 0 Å². The van der Waals surface area contributed by atoms with Gasteiger partial charge in [0, 0.05) is 4.47 Å². The highest BCUT2D eigenvalue weighted by atomic mass is 79.9. The van der Waals surface area contributed by atoms with Gasteiger partial charge in [-0.05, 0) is 66.7 Å². The highest BCUT2D eigenvalue weighted by molar-refractivity contribution is 9.10. The number of anilines is 2. The van der Waals surface area contributed by atoms with E-state index < -0.39 is 0 Å². The molecule has 0 saturated carbocycles. The van der Waals surface area contributed by atoms with E-state index in [2.05, 4.69) is 81.4 Å². The molecular weight excluding hydrogens is 404 g/mol. The van der Waals surface area contributed by atoms with Gasteiger partial charge in [0.25, 0.3) is 0 Å². The van der Waals surface area contributed by atoms with E-state index in [1.54, 1.807) is 0 Å². The highest BCUT2D eigenvalue weighted by Crippen LogP contribution is 2.32. The summed E-state index contributed by atoms with van der Waals surface area (Å²) < 4.78 is 2.99. The first kappa shape index (κ1) is 19.7. The fraction of sp³-hybridized carbons (Fsp3) is 0.500. The van der Waals surface area contributed by atoms with E-state index in [0.717, 1.165) is 47.1 Å². The summed E-state index contributed by atoms with van der Waals surface area (Å²) in [4.78, 5) is 9.26. The first-order valence-electron chi connectivity index (χ1n) is 9.57. The van der Waals surface area contributed by atoms with Crippen molar-refractivity contribution >= 4 is 38.6 Å². The molecule has 3 rings (SSSR count). The second kappa shape index (κ2) is 8.33. The molecule has 0 amide bonds. The maximum absolute atomic E-state index is 4.66. The number of benzene rings is 1. The van der Waals surface area contributed by atoms with Crippen molar-refractivity contribution in [2.75, 3.05) is 5.32 Å². The van der Waals surface area contributed by atoms with Gasteiger partial charge in [-0.2, -0.15) is 0 Å². The van der Waals surface area contributed by atoms with Gasteiger partial charge in [-0.1, -0.05) is 38.0 Å². The monoisotopic (exact) mass is 430 g/mol. The molecule has 0 bridgehead atoms. The first-order chi connectivity index (χ1) is 12.9. The molecule has 0 aliphatic rings. The van der Waals surface area contributed by atoms with E-state index in [9.17, 15) is 0 Å². The van der Waals surface area contributed by atoms with Gasteiger partial charge in [0.2, 0.25) is 0 Å². The predicted octanol–water partition coefficient (Wildman–Crippen LogP) is 5.79. The smallest absolute Gasteiger partial charge is 0.184 e. The van der Waals surface area contributed by atoms with Crippen LogP contribution in [0.2, 0.25) is 0 Å². The molecular formula is C20H27BrN6. The zero-order valence-electron chi connectivity index (χ0n) is 16.7. The third kappa shape index (κ3) is 4.13. The van der Waals surface area contributed by atoms with Gasteiger partial charge in [0.05, 0.1) is 11.7 Å².